The molecular weight excluding hydrogens is 370 g/mol. The van der Waals surface area contributed by atoms with Gasteiger partial charge in [-0.1, -0.05) is 56.6 Å². The molecule has 0 saturated heterocycles. The number of benzene rings is 1. The van der Waals surface area contributed by atoms with E-state index < -0.39 is 0 Å². The molecule has 3 rings (SSSR count). The molecule has 0 spiro atoms. The molecule has 0 fully saturated rings. The SMILES string of the molecule is CC(C)(C)CN(Cc1ccc(-c2ccc(Cl)nc2)cc1)c1nccc(C#N)n1. The van der Waals surface area contributed by atoms with Gasteiger partial charge in [0.05, 0.1) is 0 Å². The summed E-state index contributed by atoms with van der Waals surface area (Å²) >= 11 is 5.87. The molecule has 0 atom stereocenters. The highest BCUT2D eigenvalue weighted by molar-refractivity contribution is 6.29. The maximum Gasteiger partial charge on any atom is 0.226 e. The van der Waals surface area contributed by atoms with E-state index in [0.717, 1.165) is 23.2 Å². The van der Waals surface area contributed by atoms with Crippen LogP contribution >= 0.6 is 11.6 Å². The Morgan fingerprint density at radius 1 is 1.00 bits per heavy atom. The van der Waals surface area contributed by atoms with Crippen molar-refractivity contribution in [3.8, 4) is 17.2 Å². The van der Waals surface area contributed by atoms with E-state index in [0.29, 0.717) is 23.3 Å². The zero-order valence-corrected chi connectivity index (χ0v) is 17.0. The van der Waals surface area contributed by atoms with Crippen LogP contribution < -0.4 is 4.90 Å². The summed E-state index contributed by atoms with van der Waals surface area (Å²) < 4.78 is 0. The summed E-state index contributed by atoms with van der Waals surface area (Å²) in [5.41, 5.74) is 3.67. The zero-order valence-electron chi connectivity index (χ0n) is 16.2. The summed E-state index contributed by atoms with van der Waals surface area (Å²) in [4.78, 5) is 15.0. The van der Waals surface area contributed by atoms with Gasteiger partial charge in [0.25, 0.3) is 0 Å². The predicted octanol–water partition coefficient (Wildman–Crippen LogP) is 5.12. The van der Waals surface area contributed by atoms with Crippen LogP contribution in [0.1, 0.15) is 32.0 Å². The number of pyridine rings is 1. The van der Waals surface area contributed by atoms with Gasteiger partial charge in [-0.05, 0) is 34.7 Å². The minimum atomic E-state index is 0.0565. The molecular formula is C22H22ClN5. The molecule has 3 aromatic rings. The number of anilines is 1. The van der Waals surface area contributed by atoms with E-state index in [4.69, 9.17) is 16.9 Å². The number of nitriles is 1. The van der Waals surface area contributed by atoms with Crippen LogP contribution in [0.3, 0.4) is 0 Å². The van der Waals surface area contributed by atoms with Crippen molar-refractivity contribution in [2.24, 2.45) is 5.41 Å². The van der Waals surface area contributed by atoms with Crippen LogP contribution in [0.25, 0.3) is 11.1 Å². The van der Waals surface area contributed by atoms with Crippen molar-refractivity contribution in [1.29, 1.82) is 5.26 Å². The summed E-state index contributed by atoms with van der Waals surface area (Å²) in [6, 6.07) is 15.8. The molecule has 0 saturated carbocycles. The smallest absolute Gasteiger partial charge is 0.226 e. The maximum absolute atomic E-state index is 9.15. The number of rotatable bonds is 5. The highest BCUT2D eigenvalue weighted by Gasteiger charge is 2.19. The van der Waals surface area contributed by atoms with E-state index in [1.54, 1.807) is 24.5 Å². The van der Waals surface area contributed by atoms with Crippen LogP contribution in [0.5, 0.6) is 0 Å². The summed E-state index contributed by atoms with van der Waals surface area (Å²) in [6.45, 7) is 7.94. The Balaban J connectivity index is 1.84. The second-order valence-corrected chi connectivity index (χ2v) is 8.22. The van der Waals surface area contributed by atoms with Gasteiger partial charge in [0, 0.05) is 31.0 Å². The van der Waals surface area contributed by atoms with Crippen LogP contribution in [0.4, 0.5) is 5.95 Å². The van der Waals surface area contributed by atoms with Crippen LogP contribution in [0, 0.1) is 16.7 Å². The molecule has 0 unspecified atom stereocenters. The third kappa shape index (κ3) is 5.28. The lowest BCUT2D eigenvalue weighted by Gasteiger charge is -2.30. The minimum Gasteiger partial charge on any atom is -0.336 e. The Kier molecular flexibility index (Phi) is 5.91. The van der Waals surface area contributed by atoms with Gasteiger partial charge in [0.1, 0.15) is 16.9 Å². The second-order valence-electron chi connectivity index (χ2n) is 7.84. The van der Waals surface area contributed by atoms with E-state index in [1.165, 1.54) is 0 Å². The minimum absolute atomic E-state index is 0.0565. The largest absolute Gasteiger partial charge is 0.336 e. The predicted molar refractivity (Wildman–Crippen MR) is 112 cm³/mol. The van der Waals surface area contributed by atoms with Gasteiger partial charge in [0.15, 0.2) is 0 Å². The third-order valence-corrected chi connectivity index (χ3v) is 4.32. The molecule has 0 N–H and O–H groups in total. The van der Waals surface area contributed by atoms with Crippen molar-refractivity contribution in [3.63, 3.8) is 0 Å². The number of hydrogen-bond donors (Lipinski definition) is 0. The molecule has 0 amide bonds. The van der Waals surface area contributed by atoms with Crippen LogP contribution in [0.15, 0.2) is 54.9 Å². The first-order valence-electron chi connectivity index (χ1n) is 9.03. The standard InChI is InChI=1S/C22H22ClN5/c1-22(2,3)15-28(21-25-11-10-19(12-24)27-21)14-16-4-6-17(7-5-16)18-8-9-20(23)26-13-18/h4-11,13H,14-15H2,1-3H3. The topological polar surface area (TPSA) is 65.7 Å². The number of aromatic nitrogens is 3. The molecule has 5 nitrogen and oxygen atoms in total. The molecule has 0 aliphatic rings. The Morgan fingerprint density at radius 2 is 1.71 bits per heavy atom. The first-order chi connectivity index (χ1) is 13.3. The Bertz CT molecular complexity index is 970. The average Bonchev–Trinajstić information content (AvgIpc) is 2.68. The molecule has 142 valence electrons. The van der Waals surface area contributed by atoms with E-state index in [9.17, 15) is 0 Å². The fourth-order valence-electron chi connectivity index (χ4n) is 2.90. The lowest BCUT2D eigenvalue weighted by molar-refractivity contribution is 0.406. The van der Waals surface area contributed by atoms with Crippen LogP contribution in [-0.2, 0) is 6.54 Å². The average molecular weight is 392 g/mol. The summed E-state index contributed by atoms with van der Waals surface area (Å²) in [5.74, 6) is 0.569. The molecule has 0 bridgehead atoms. The molecule has 0 aliphatic heterocycles. The molecule has 0 radical (unpaired) electrons. The van der Waals surface area contributed by atoms with Crippen molar-refractivity contribution in [3.05, 3.63) is 71.3 Å². The Hall–Kier alpha value is -2.97. The van der Waals surface area contributed by atoms with Gasteiger partial charge in [-0.2, -0.15) is 5.26 Å². The van der Waals surface area contributed by atoms with Gasteiger partial charge in [-0.15, -0.1) is 0 Å². The number of hydrogen-bond acceptors (Lipinski definition) is 5. The van der Waals surface area contributed by atoms with Crippen molar-refractivity contribution in [1.82, 2.24) is 15.0 Å². The van der Waals surface area contributed by atoms with Crippen molar-refractivity contribution in [2.75, 3.05) is 11.4 Å². The van der Waals surface area contributed by atoms with Crippen molar-refractivity contribution >= 4 is 17.5 Å². The van der Waals surface area contributed by atoms with Gasteiger partial charge >= 0.3 is 0 Å². The van der Waals surface area contributed by atoms with E-state index in [2.05, 4.69) is 71.0 Å². The molecule has 0 aliphatic carbocycles. The van der Waals surface area contributed by atoms with Gasteiger partial charge in [0.2, 0.25) is 5.95 Å². The van der Waals surface area contributed by atoms with E-state index in [1.807, 2.05) is 6.07 Å². The summed E-state index contributed by atoms with van der Waals surface area (Å²) in [6.07, 6.45) is 3.40. The zero-order chi connectivity index (χ0) is 20.1. The normalized spacial score (nSPS) is 11.1. The van der Waals surface area contributed by atoms with Gasteiger partial charge in [-0.3, -0.25) is 0 Å². The highest BCUT2D eigenvalue weighted by Crippen LogP contribution is 2.24. The lowest BCUT2D eigenvalue weighted by atomic mass is 9.96. The maximum atomic E-state index is 9.15. The second kappa shape index (κ2) is 8.37. The highest BCUT2D eigenvalue weighted by atomic mass is 35.5. The number of nitrogens with zero attached hydrogens (tertiary/aromatic N) is 5. The molecule has 2 heterocycles. The monoisotopic (exact) mass is 391 g/mol. The molecule has 2 aromatic heterocycles. The fraction of sp³-hybridized carbons (Fsp3) is 0.273. The summed E-state index contributed by atoms with van der Waals surface area (Å²) in [7, 11) is 0. The van der Waals surface area contributed by atoms with Crippen molar-refractivity contribution in [2.45, 2.75) is 27.3 Å². The third-order valence-electron chi connectivity index (χ3n) is 4.09. The fourth-order valence-corrected chi connectivity index (χ4v) is 3.01. The molecule has 28 heavy (non-hydrogen) atoms. The molecule has 1 aromatic carbocycles. The lowest BCUT2D eigenvalue weighted by Crippen LogP contribution is -2.33. The van der Waals surface area contributed by atoms with Crippen molar-refractivity contribution < 1.29 is 0 Å². The summed E-state index contributed by atoms with van der Waals surface area (Å²) in [5, 5.41) is 9.63. The molecule has 6 heteroatoms. The van der Waals surface area contributed by atoms with Gasteiger partial charge in [-0.25, -0.2) is 15.0 Å². The number of halogens is 1. The van der Waals surface area contributed by atoms with E-state index in [-0.39, 0.29) is 5.41 Å². The van der Waals surface area contributed by atoms with Crippen LogP contribution in [-0.4, -0.2) is 21.5 Å². The quantitative estimate of drug-likeness (QED) is 0.565. The van der Waals surface area contributed by atoms with Crippen LogP contribution in [0.2, 0.25) is 5.15 Å². The first kappa shape index (κ1) is 19.8. The Labute approximate surface area is 170 Å². The van der Waals surface area contributed by atoms with E-state index >= 15 is 0 Å². The van der Waals surface area contributed by atoms with Gasteiger partial charge < -0.3 is 4.90 Å². The first-order valence-corrected chi connectivity index (χ1v) is 9.41. The Morgan fingerprint density at radius 3 is 2.32 bits per heavy atom.